The van der Waals surface area contributed by atoms with Crippen LogP contribution in [0.15, 0.2) is 12.7 Å². The van der Waals surface area contributed by atoms with Crippen LogP contribution in [0.2, 0.25) is 0 Å². The molecular weight excluding hydrogens is 692 g/mol. The molecule has 0 bridgehead atoms. The van der Waals surface area contributed by atoms with Crippen LogP contribution in [-0.2, 0) is 33.6 Å². The van der Waals surface area contributed by atoms with Crippen molar-refractivity contribution in [2.24, 2.45) is 64.4 Å². The number of carbonyl (C=O) groups excluding carboxylic acids is 7. The number of amides is 1. The van der Waals surface area contributed by atoms with Gasteiger partial charge in [0.1, 0.15) is 17.3 Å². The number of primary amides is 1. The van der Waals surface area contributed by atoms with Crippen molar-refractivity contribution in [1.29, 1.82) is 0 Å². The van der Waals surface area contributed by atoms with Gasteiger partial charge in [-0.15, -0.1) is 6.58 Å². The summed E-state index contributed by atoms with van der Waals surface area (Å²) in [6, 6.07) is -1.47. The summed E-state index contributed by atoms with van der Waals surface area (Å²) in [5.74, 6) is -0.540. The largest absolute Gasteiger partial charge is 0.396 e. The van der Waals surface area contributed by atoms with Gasteiger partial charge in [0.05, 0.1) is 30.8 Å². The molecule has 1 amide bonds. The maximum atomic E-state index is 11.3. The fraction of sp³-hybridized carbons (Fsp3) is 0.780. The number of carbonyl (C=O) groups is 7. The molecule has 0 saturated carbocycles. The molecule has 0 fully saturated rings. The summed E-state index contributed by atoms with van der Waals surface area (Å²) >= 11 is 0. The monoisotopic (exact) mass is 773 g/mol. The molecule has 318 valence electrons. The Morgan fingerprint density at radius 1 is 0.593 bits per heavy atom. The van der Waals surface area contributed by atoms with E-state index in [0.717, 1.165) is 19.3 Å². The Kier molecular flexibility index (Phi) is 38.5. The summed E-state index contributed by atoms with van der Waals surface area (Å²) in [4.78, 5) is 76.5. The molecule has 0 saturated heterocycles. The molecule has 54 heavy (non-hydrogen) atoms. The zero-order chi connectivity index (χ0) is 44.0. The lowest BCUT2D eigenvalue weighted by Gasteiger charge is -2.14. The number of unbranched alkanes of at least 4 members (excludes halogenated alkanes) is 1. The van der Waals surface area contributed by atoms with Gasteiger partial charge in [0.25, 0.3) is 0 Å². The first-order valence-electron chi connectivity index (χ1n) is 19.2. The molecule has 0 spiro atoms. The first kappa shape index (κ1) is 60.3. The molecule has 0 radical (unpaired) electrons. The SMILES string of the molecule is C=CCCCC(N)C(=O)C(C)C.CC(=O)CCC(N)C(=O)C(C)C.CC(C)C(=O)C(C)C(C)O.CC(C)C(=O)C(C)CO.CC(C)C(=O)C(N)CC(N)=O. The Hall–Kier alpha value is -2.97. The topological polar surface area (TPSA) is 264 Å². The highest BCUT2D eigenvalue weighted by Crippen LogP contribution is 2.10. The average molecular weight is 773 g/mol. The van der Waals surface area contributed by atoms with Gasteiger partial charge >= 0.3 is 0 Å². The molecule has 6 unspecified atom stereocenters. The van der Waals surface area contributed by atoms with Crippen LogP contribution in [-0.4, -0.2) is 81.7 Å². The van der Waals surface area contributed by atoms with E-state index in [-0.39, 0.29) is 95.2 Å². The van der Waals surface area contributed by atoms with Crippen LogP contribution in [0.5, 0.6) is 0 Å². The Morgan fingerprint density at radius 3 is 1.19 bits per heavy atom. The third kappa shape index (κ3) is 34.8. The fourth-order valence-corrected chi connectivity index (χ4v) is 4.15. The smallest absolute Gasteiger partial charge is 0.219 e. The van der Waals surface area contributed by atoms with Crippen LogP contribution in [0.3, 0.4) is 0 Å². The first-order chi connectivity index (χ1) is 24.5. The lowest BCUT2D eigenvalue weighted by Crippen LogP contribution is -2.37. The summed E-state index contributed by atoms with van der Waals surface area (Å²) in [6.07, 6.45) is 4.84. The van der Waals surface area contributed by atoms with Gasteiger partial charge < -0.3 is 37.9 Å². The second kappa shape index (κ2) is 34.5. The van der Waals surface area contributed by atoms with E-state index in [1.807, 2.05) is 61.5 Å². The van der Waals surface area contributed by atoms with Crippen molar-refractivity contribution in [3.05, 3.63) is 12.7 Å². The van der Waals surface area contributed by atoms with Gasteiger partial charge in [-0.3, -0.25) is 28.8 Å². The van der Waals surface area contributed by atoms with Crippen LogP contribution in [0.1, 0.15) is 135 Å². The maximum Gasteiger partial charge on any atom is 0.219 e. The van der Waals surface area contributed by atoms with Crippen LogP contribution in [0, 0.1) is 41.4 Å². The van der Waals surface area contributed by atoms with Crippen molar-refractivity contribution >= 4 is 40.6 Å². The molecule has 0 aromatic rings. The van der Waals surface area contributed by atoms with Gasteiger partial charge in [-0.2, -0.15) is 0 Å². The number of hydrogen-bond acceptors (Lipinski definition) is 12. The number of rotatable bonds is 21. The Balaban J connectivity index is -0.000000186. The van der Waals surface area contributed by atoms with Gasteiger partial charge in [0.2, 0.25) is 5.91 Å². The number of aliphatic hydroxyl groups is 2. The second-order valence-corrected chi connectivity index (χ2v) is 15.3. The highest BCUT2D eigenvalue weighted by molar-refractivity contribution is 5.90. The van der Waals surface area contributed by atoms with E-state index < -0.39 is 24.1 Å². The zero-order valence-corrected chi connectivity index (χ0v) is 36.1. The van der Waals surface area contributed by atoms with Crippen LogP contribution >= 0.6 is 0 Å². The highest BCUT2D eigenvalue weighted by Gasteiger charge is 2.21. The van der Waals surface area contributed by atoms with E-state index in [2.05, 4.69) is 6.58 Å². The number of nitrogens with two attached hydrogens (primary N) is 4. The second-order valence-electron chi connectivity index (χ2n) is 15.3. The van der Waals surface area contributed by atoms with Crippen molar-refractivity contribution in [3.8, 4) is 0 Å². The van der Waals surface area contributed by atoms with Crippen molar-refractivity contribution in [2.75, 3.05) is 6.61 Å². The minimum atomic E-state index is -0.729. The average Bonchev–Trinajstić information content (AvgIpc) is 3.08. The molecular formula is C41H80N4O9. The molecule has 0 heterocycles. The fourth-order valence-electron chi connectivity index (χ4n) is 4.15. The van der Waals surface area contributed by atoms with Crippen molar-refractivity contribution < 1.29 is 43.8 Å². The van der Waals surface area contributed by atoms with E-state index >= 15 is 0 Å². The van der Waals surface area contributed by atoms with Crippen LogP contribution < -0.4 is 22.9 Å². The summed E-state index contributed by atoms with van der Waals surface area (Å²) in [5.41, 5.74) is 21.5. The molecule has 0 aliphatic heterocycles. The minimum absolute atomic E-state index is 0.0307. The van der Waals surface area contributed by atoms with Crippen molar-refractivity contribution in [1.82, 2.24) is 0 Å². The third-order valence-corrected chi connectivity index (χ3v) is 8.03. The van der Waals surface area contributed by atoms with Gasteiger partial charge in [-0.1, -0.05) is 89.2 Å². The molecule has 0 aromatic heterocycles. The van der Waals surface area contributed by atoms with Crippen molar-refractivity contribution in [3.63, 3.8) is 0 Å². The van der Waals surface area contributed by atoms with E-state index in [1.165, 1.54) is 6.92 Å². The number of Topliss-reactive ketones (excluding diaryl/α,β-unsaturated/α-hetero) is 6. The maximum absolute atomic E-state index is 11.3. The van der Waals surface area contributed by atoms with E-state index in [0.29, 0.717) is 12.8 Å². The Morgan fingerprint density at radius 2 is 0.944 bits per heavy atom. The lowest BCUT2D eigenvalue weighted by molar-refractivity contribution is -0.128. The molecule has 13 nitrogen and oxygen atoms in total. The summed E-state index contributed by atoms with van der Waals surface area (Å²) < 4.78 is 0. The standard InChI is InChI=1S/C10H19NO.C9H17NO2.C8H16O2.C7H14N2O2.C7H14O2/c1-4-5-6-7-9(11)10(12)8(2)3;1-6(2)9(12)8(10)5-4-7(3)11;1-5(2)8(10)6(3)7(4)9;1-4(2)7(11)5(8)3-6(9)10;1-5(2)7(9)6(3)4-8/h4,8-9H,1,5-7,11H2,2-3H3;6,8H,4-5,10H2,1-3H3;5-7,9H,1-4H3;4-5H,3,8H2,1-2H3,(H2,9,10);5-6,8H,4H2,1-3H3. The number of ketones is 6. The first-order valence-corrected chi connectivity index (χ1v) is 19.2. The number of hydrogen-bond donors (Lipinski definition) is 6. The van der Waals surface area contributed by atoms with Gasteiger partial charge in [-0.25, -0.2) is 0 Å². The normalized spacial score (nSPS) is 13.9. The molecule has 10 N–H and O–H groups in total. The summed E-state index contributed by atoms with van der Waals surface area (Å²) in [6.45, 7) is 28.5. The predicted molar refractivity (Wildman–Crippen MR) is 218 cm³/mol. The number of allylic oxidation sites excluding steroid dienone is 1. The number of aliphatic hydroxyl groups excluding tert-OH is 2. The van der Waals surface area contributed by atoms with Gasteiger partial charge in [0.15, 0.2) is 17.3 Å². The third-order valence-electron chi connectivity index (χ3n) is 8.03. The van der Waals surface area contributed by atoms with Gasteiger partial charge in [0, 0.05) is 54.3 Å². The predicted octanol–water partition coefficient (Wildman–Crippen LogP) is 4.29. The molecule has 13 heteroatoms. The van der Waals surface area contributed by atoms with Crippen LogP contribution in [0.4, 0.5) is 0 Å². The van der Waals surface area contributed by atoms with E-state index in [9.17, 15) is 33.6 Å². The van der Waals surface area contributed by atoms with Crippen LogP contribution in [0.25, 0.3) is 0 Å². The molecule has 0 aliphatic carbocycles. The zero-order valence-electron chi connectivity index (χ0n) is 36.1. The summed E-state index contributed by atoms with van der Waals surface area (Å²) in [5, 5.41) is 17.6. The molecule has 0 aromatic carbocycles. The summed E-state index contributed by atoms with van der Waals surface area (Å²) in [7, 11) is 0. The molecule has 6 atom stereocenters. The van der Waals surface area contributed by atoms with E-state index in [1.54, 1.807) is 34.6 Å². The Bertz CT molecular complexity index is 1100. The lowest BCUT2D eigenvalue weighted by atomic mass is 9.93. The highest BCUT2D eigenvalue weighted by atomic mass is 16.3. The van der Waals surface area contributed by atoms with E-state index in [4.69, 9.17) is 33.1 Å². The molecule has 0 rings (SSSR count). The van der Waals surface area contributed by atoms with Gasteiger partial charge in [-0.05, 0) is 39.5 Å². The molecule has 0 aliphatic rings. The quantitative estimate of drug-likeness (QED) is 0.0705. The minimum Gasteiger partial charge on any atom is -0.396 e. The Labute approximate surface area is 327 Å². The van der Waals surface area contributed by atoms with Crippen molar-refractivity contribution in [2.45, 2.75) is 160 Å².